The molecule has 0 radical (unpaired) electrons. The third kappa shape index (κ3) is 4.03. The fourth-order valence-electron chi connectivity index (χ4n) is 2.53. The van der Waals surface area contributed by atoms with Gasteiger partial charge >= 0.3 is 0 Å². The topological polar surface area (TPSA) is 65.1 Å². The fourth-order valence-corrected chi connectivity index (χ4v) is 2.53. The van der Waals surface area contributed by atoms with Gasteiger partial charge in [-0.1, -0.05) is 6.92 Å². The molecule has 0 spiro atoms. The summed E-state index contributed by atoms with van der Waals surface area (Å²) < 4.78 is 7.70. The Hall–Kier alpha value is -0.910. The highest BCUT2D eigenvalue weighted by molar-refractivity contribution is 5.02. The molecule has 1 aliphatic rings. The molecule has 1 aliphatic heterocycles. The van der Waals surface area contributed by atoms with Gasteiger partial charge in [0.15, 0.2) is 0 Å². The predicted octanol–water partition coefficient (Wildman–Crippen LogP) is 1.80. The minimum absolute atomic E-state index is 0.239. The van der Waals surface area contributed by atoms with Crippen LogP contribution in [0.5, 0.6) is 0 Å². The van der Waals surface area contributed by atoms with Gasteiger partial charge < -0.3 is 4.74 Å². The highest BCUT2D eigenvalue weighted by Gasteiger charge is 2.21. The van der Waals surface area contributed by atoms with E-state index in [2.05, 4.69) is 36.6 Å². The van der Waals surface area contributed by atoms with E-state index >= 15 is 0 Å². The molecule has 0 aromatic carbocycles. The smallest absolute Gasteiger partial charge is 0.0640 e. The van der Waals surface area contributed by atoms with E-state index in [9.17, 15) is 0 Å². The van der Waals surface area contributed by atoms with Crippen LogP contribution in [0, 0.1) is 0 Å². The van der Waals surface area contributed by atoms with Gasteiger partial charge in [-0.15, -0.1) is 0 Å². The molecule has 0 bridgehead atoms. The second-order valence-corrected chi connectivity index (χ2v) is 5.48. The number of nitrogens with zero attached hydrogens (tertiary/aromatic N) is 2. The van der Waals surface area contributed by atoms with E-state index in [1.807, 2.05) is 4.68 Å². The first kappa shape index (κ1) is 14.5. The van der Waals surface area contributed by atoms with Crippen LogP contribution < -0.4 is 11.3 Å². The number of hydrogen-bond donors (Lipinski definition) is 2. The Kier molecular flexibility index (Phi) is 5.36. The summed E-state index contributed by atoms with van der Waals surface area (Å²) in [6.45, 7) is 5.25. The summed E-state index contributed by atoms with van der Waals surface area (Å²) in [6.07, 6.45) is 7.66. The number of nitrogens with one attached hydrogen (secondary N) is 1. The molecule has 5 heteroatoms. The van der Waals surface area contributed by atoms with E-state index in [1.165, 1.54) is 6.42 Å². The van der Waals surface area contributed by atoms with Crippen molar-refractivity contribution in [3.63, 3.8) is 0 Å². The molecule has 1 fully saturated rings. The number of aromatic nitrogens is 2. The van der Waals surface area contributed by atoms with Crippen LogP contribution >= 0.6 is 0 Å². The number of nitrogens with two attached hydrogens (primary N) is 1. The molecule has 5 nitrogen and oxygen atoms in total. The van der Waals surface area contributed by atoms with Crippen molar-refractivity contribution in [1.82, 2.24) is 15.2 Å². The zero-order valence-electron chi connectivity index (χ0n) is 12.0. The minimum atomic E-state index is 0.239. The van der Waals surface area contributed by atoms with Crippen molar-refractivity contribution in [3.05, 3.63) is 18.0 Å². The largest absolute Gasteiger partial charge is 0.378 e. The Bertz CT molecular complexity index is 373. The van der Waals surface area contributed by atoms with Gasteiger partial charge in [0, 0.05) is 31.3 Å². The maximum Gasteiger partial charge on any atom is 0.0640 e. The maximum atomic E-state index is 5.66. The molecule has 2 rings (SSSR count). The zero-order chi connectivity index (χ0) is 13.7. The summed E-state index contributed by atoms with van der Waals surface area (Å²) in [4.78, 5) is 0. The fraction of sp³-hybridized carbons (Fsp3) is 0.786. The summed E-state index contributed by atoms with van der Waals surface area (Å²) in [5.74, 6) is 5.65. The molecule has 108 valence electrons. The summed E-state index contributed by atoms with van der Waals surface area (Å²) in [6, 6.07) is 2.78. The van der Waals surface area contributed by atoms with E-state index in [1.54, 1.807) is 0 Å². The Balaban J connectivity index is 1.88. The number of rotatable bonds is 7. The Labute approximate surface area is 115 Å². The Morgan fingerprint density at radius 3 is 3.11 bits per heavy atom. The highest BCUT2D eigenvalue weighted by atomic mass is 16.5. The number of hydrogen-bond acceptors (Lipinski definition) is 4. The highest BCUT2D eigenvalue weighted by Crippen LogP contribution is 2.18. The number of hydrazine groups is 1. The number of ether oxygens (including phenoxy) is 1. The molecule has 19 heavy (non-hydrogen) atoms. The van der Waals surface area contributed by atoms with E-state index < -0.39 is 0 Å². The van der Waals surface area contributed by atoms with Crippen LogP contribution in [0.25, 0.3) is 0 Å². The second kappa shape index (κ2) is 7.03. The van der Waals surface area contributed by atoms with Crippen LogP contribution in [0.1, 0.15) is 51.3 Å². The van der Waals surface area contributed by atoms with Gasteiger partial charge in [-0.3, -0.25) is 16.0 Å². The zero-order valence-corrected chi connectivity index (χ0v) is 12.0. The van der Waals surface area contributed by atoms with Gasteiger partial charge in [-0.25, -0.2) is 0 Å². The molecule has 0 aliphatic carbocycles. The molecule has 1 aromatic heterocycles. The van der Waals surface area contributed by atoms with Gasteiger partial charge in [0.2, 0.25) is 0 Å². The minimum Gasteiger partial charge on any atom is -0.378 e. The van der Waals surface area contributed by atoms with Crippen molar-refractivity contribution in [2.24, 2.45) is 5.84 Å². The summed E-state index contributed by atoms with van der Waals surface area (Å²) >= 11 is 0. The lowest BCUT2D eigenvalue weighted by Gasteiger charge is -2.18. The van der Waals surface area contributed by atoms with Gasteiger partial charge in [-0.2, -0.15) is 5.10 Å². The third-order valence-corrected chi connectivity index (χ3v) is 3.97. The average molecular weight is 266 g/mol. The van der Waals surface area contributed by atoms with Crippen LogP contribution in [0.15, 0.2) is 12.3 Å². The molecule has 0 saturated carbocycles. The SMILES string of the molecule is CCC(C)n1ccc(CC(CC2CCCO2)NN)n1. The van der Waals surface area contributed by atoms with E-state index in [-0.39, 0.29) is 6.04 Å². The van der Waals surface area contributed by atoms with Crippen LogP contribution in [0.3, 0.4) is 0 Å². The van der Waals surface area contributed by atoms with E-state index in [0.717, 1.165) is 38.0 Å². The molecule has 2 heterocycles. The summed E-state index contributed by atoms with van der Waals surface area (Å²) in [7, 11) is 0. The third-order valence-electron chi connectivity index (χ3n) is 3.97. The van der Waals surface area contributed by atoms with E-state index in [0.29, 0.717) is 12.1 Å². The molecule has 0 amide bonds. The summed E-state index contributed by atoms with van der Waals surface area (Å²) in [5.41, 5.74) is 4.00. The second-order valence-electron chi connectivity index (χ2n) is 5.48. The first-order chi connectivity index (χ1) is 9.22. The normalized spacial score (nSPS) is 22.6. The first-order valence-corrected chi connectivity index (χ1v) is 7.34. The Morgan fingerprint density at radius 1 is 1.63 bits per heavy atom. The molecular weight excluding hydrogens is 240 g/mol. The molecule has 3 N–H and O–H groups in total. The van der Waals surface area contributed by atoms with Gasteiger partial charge in [0.05, 0.1) is 11.8 Å². The van der Waals surface area contributed by atoms with Crippen molar-refractivity contribution in [2.75, 3.05) is 6.61 Å². The van der Waals surface area contributed by atoms with Crippen LogP contribution in [-0.4, -0.2) is 28.5 Å². The van der Waals surface area contributed by atoms with Gasteiger partial charge in [0.25, 0.3) is 0 Å². The predicted molar refractivity (Wildman–Crippen MR) is 75.6 cm³/mol. The molecule has 1 aromatic rings. The lowest BCUT2D eigenvalue weighted by Crippen LogP contribution is -2.39. The lowest BCUT2D eigenvalue weighted by molar-refractivity contribution is 0.0945. The standard InChI is InChI=1S/C14H26N4O/c1-3-11(2)18-7-6-12(17-18)9-13(16-15)10-14-5-4-8-19-14/h6-7,11,13-14,16H,3-5,8-10,15H2,1-2H3. The van der Waals surface area contributed by atoms with E-state index in [4.69, 9.17) is 10.6 Å². The van der Waals surface area contributed by atoms with Crippen molar-refractivity contribution in [2.45, 2.75) is 64.1 Å². The van der Waals surface area contributed by atoms with Crippen LogP contribution in [-0.2, 0) is 11.2 Å². The molecule has 3 atom stereocenters. The van der Waals surface area contributed by atoms with Crippen LogP contribution in [0.4, 0.5) is 0 Å². The Morgan fingerprint density at radius 2 is 2.47 bits per heavy atom. The molecular formula is C14H26N4O. The van der Waals surface area contributed by atoms with Crippen molar-refractivity contribution >= 4 is 0 Å². The van der Waals surface area contributed by atoms with Crippen molar-refractivity contribution in [1.29, 1.82) is 0 Å². The van der Waals surface area contributed by atoms with Crippen LogP contribution in [0.2, 0.25) is 0 Å². The quantitative estimate of drug-likeness (QED) is 0.583. The average Bonchev–Trinajstić information content (AvgIpc) is 3.08. The first-order valence-electron chi connectivity index (χ1n) is 7.34. The molecule has 3 unspecified atom stereocenters. The van der Waals surface area contributed by atoms with Crippen molar-refractivity contribution in [3.8, 4) is 0 Å². The van der Waals surface area contributed by atoms with Crippen molar-refractivity contribution < 1.29 is 4.74 Å². The maximum absolute atomic E-state index is 5.66. The van der Waals surface area contributed by atoms with Gasteiger partial charge in [0.1, 0.15) is 0 Å². The van der Waals surface area contributed by atoms with Gasteiger partial charge in [-0.05, 0) is 38.7 Å². The monoisotopic (exact) mass is 266 g/mol. The summed E-state index contributed by atoms with van der Waals surface area (Å²) in [5, 5.41) is 4.62. The lowest BCUT2D eigenvalue weighted by atomic mass is 10.0. The molecule has 1 saturated heterocycles.